The molecular weight excluding hydrogens is 485 g/mol. The van der Waals surface area contributed by atoms with Crippen LogP contribution < -0.4 is 10.5 Å². The maximum absolute atomic E-state index is 13.5. The lowest BCUT2D eigenvalue weighted by Gasteiger charge is -2.29. The molecule has 36 heavy (non-hydrogen) atoms. The highest BCUT2D eigenvalue weighted by atomic mass is 35.5. The molecule has 2 aliphatic rings. The van der Waals surface area contributed by atoms with Gasteiger partial charge in [-0.25, -0.2) is 13.9 Å². The van der Waals surface area contributed by atoms with Crippen molar-refractivity contribution >= 4 is 34.7 Å². The van der Waals surface area contributed by atoms with Crippen molar-refractivity contribution in [3.63, 3.8) is 0 Å². The molecule has 4 heterocycles. The second-order valence-corrected chi connectivity index (χ2v) is 9.49. The predicted octanol–water partition coefficient (Wildman–Crippen LogP) is 3.42. The van der Waals surface area contributed by atoms with E-state index in [-0.39, 0.29) is 41.9 Å². The van der Waals surface area contributed by atoms with Gasteiger partial charge in [0.1, 0.15) is 5.82 Å². The van der Waals surface area contributed by atoms with Gasteiger partial charge in [0, 0.05) is 36.8 Å². The van der Waals surface area contributed by atoms with E-state index in [1.54, 1.807) is 4.90 Å². The van der Waals surface area contributed by atoms with Crippen LogP contribution in [0.3, 0.4) is 0 Å². The van der Waals surface area contributed by atoms with Gasteiger partial charge < -0.3 is 9.80 Å². The largest absolute Gasteiger partial charge is 0.336 e. The van der Waals surface area contributed by atoms with Crippen molar-refractivity contribution in [2.75, 3.05) is 18.0 Å². The van der Waals surface area contributed by atoms with Crippen molar-refractivity contribution in [1.82, 2.24) is 19.5 Å². The summed E-state index contributed by atoms with van der Waals surface area (Å²) in [5.41, 5.74) is 3.66. The highest BCUT2D eigenvalue weighted by Crippen LogP contribution is 2.30. The first kappa shape index (κ1) is 22.5. The molecule has 0 saturated carbocycles. The van der Waals surface area contributed by atoms with Crippen LogP contribution in [0.5, 0.6) is 0 Å². The molecular formula is C26H21ClFN5O3. The first-order chi connectivity index (χ1) is 17.4. The van der Waals surface area contributed by atoms with Gasteiger partial charge in [-0.2, -0.15) is 0 Å². The van der Waals surface area contributed by atoms with E-state index < -0.39 is 11.7 Å². The van der Waals surface area contributed by atoms with Crippen molar-refractivity contribution in [3.05, 3.63) is 87.0 Å². The lowest BCUT2D eigenvalue weighted by molar-refractivity contribution is -0.136. The molecule has 6 rings (SSSR count). The van der Waals surface area contributed by atoms with Crippen molar-refractivity contribution in [3.8, 4) is 11.3 Å². The molecule has 4 aromatic rings. The highest BCUT2D eigenvalue weighted by molar-refractivity contribution is 6.31. The molecule has 2 aromatic carbocycles. The van der Waals surface area contributed by atoms with E-state index in [1.807, 2.05) is 36.4 Å². The first-order valence-corrected chi connectivity index (χ1v) is 12.0. The number of nitrogens with one attached hydrogen (secondary N) is 1. The summed E-state index contributed by atoms with van der Waals surface area (Å²) in [5, 5.41) is 3.05. The Morgan fingerprint density at radius 2 is 1.92 bits per heavy atom. The van der Waals surface area contributed by atoms with E-state index in [0.29, 0.717) is 35.6 Å². The number of hydrogen-bond acceptors (Lipinski definition) is 4. The Labute approximate surface area is 209 Å². The van der Waals surface area contributed by atoms with Crippen LogP contribution in [-0.4, -0.2) is 44.4 Å². The number of amides is 2. The fourth-order valence-corrected chi connectivity index (χ4v) is 5.16. The lowest BCUT2D eigenvalue weighted by Crippen LogP contribution is -2.43. The number of hydrogen-bond donors (Lipinski definition) is 1. The minimum Gasteiger partial charge on any atom is -0.336 e. The number of anilines is 1. The van der Waals surface area contributed by atoms with E-state index in [4.69, 9.17) is 11.6 Å². The summed E-state index contributed by atoms with van der Waals surface area (Å²) < 4.78 is 15.0. The SMILES string of the molecule is O=C(C1CC(=O)N(c2ccc(F)c(Cl)c2)C1)N1CCc2c(nc3cc(-c4ccccc4)[nH]n3c2=O)C1. The van der Waals surface area contributed by atoms with Crippen LogP contribution in [-0.2, 0) is 22.6 Å². The Kier molecular flexibility index (Phi) is 5.37. The minimum atomic E-state index is -0.567. The number of benzene rings is 2. The summed E-state index contributed by atoms with van der Waals surface area (Å²) >= 11 is 5.87. The molecule has 182 valence electrons. The molecule has 2 aliphatic heterocycles. The Bertz CT molecular complexity index is 1580. The fourth-order valence-electron chi connectivity index (χ4n) is 4.98. The summed E-state index contributed by atoms with van der Waals surface area (Å²) in [6, 6.07) is 15.6. The third-order valence-electron chi connectivity index (χ3n) is 6.85. The summed E-state index contributed by atoms with van der Waals surface area (Å²) in [7, 11) is 0. The summed E-state index contributed by atoms with van der Waals surface area (Å²) in [6.45, 7) is 0.767. The monoisotopic (exact) mass is 505 g/mol. The number of halogens is 2. The second kappa shape index (κ2) is 8.60. The molecule has 0 bridgehead atoms. The zero-order valence-corrected chi connectivity index (χ0v) is 19.8. The Morgan fingerprint density at radius 1 is 1.11 bits per heavy atom. The second-order valence-electron chi connectivity index (χ2n) is 9.09. The van der Waals surface area contributed by atoms with Gasteiger partial charge in [0.2, 0.25) is 11.8 Å². The predicted molar refractivity (Wildman–Crippen MR) is 132 cm³/mol. The van der Waals surface area contributed by atoms with Crippen molar-refractivity contribution < 1.29 is 14.0 Å². The first-order valence-electron chi connectivity index (χ1n) is 11.6. The third kappa shape index (κ3) is 3.76. The molecule has 0 spiro atoms. The van der Waals surface area contributed by atoms with Crippen LogP contribution in [0, 0.1) is 11.7 Å². The molecule has 1 unspecified atom stereocenters. The number of carbonyl (C=O) groups excluding carboxylic acids is 2. The molecule has 8 nitrogen and oxygen atoms in total. The standard InChI is InChI=1S/C26H21ClFN5O3/c27-19-11-17(6-7-20(19)28)32-13-16(10-24(32)34)25(35)31-9-8-18-22(14-31)29-23-12-21(30-33(23)26(18)36)15-4-2-1-3-5-15/h1-7,11-12,16,30H,8-10,13-14H2. The molecule has 2 amide bonds. The molecule has 1 atom stereocenters. The third-order valence-corrected chi connectivity index (χ3v) is 7.14. The number of H-pyrrole nitrogens is 1. The van der Waals surface area contributed by atoms with Crippen LogP contribution in [0.4, 0.5) is 10.1 Å². The molecule has 0 radical (unpaired) electrons. The van der Waals surface area contributed by atoms with Crippen molar-refractivity contribution in [1.29, 1.82) is 0 Å². The van der Waals surface area contributed by atoms with Gasteiger partial charge >= 0.3 is 0 Å². The van der Waals surface area contributed by atoms with Gasteiger partial charge in [-0.05, 0) is 30.2 Å². The molecule has 10 heteroatoms. The molecule has 1 N–H and O–H groups in total. The summed E-state index contributed by atoms with van der Waals surface area (Å²) in [6.07, 6.45) is 0.443. The lowest BCUT2D eigenvalue weighted by atomic mass is 10.0. The number of rotatable bonds is 3. The molecule has 1 fully saturated rings. The van der Waals surface area contributed by atoms with Crippen LogP contribution in [0.2, 0.25) is 5.02 Å². The zero-order valence-electron chi connectivity index (χ0n) is 19.1. The van der Waals surface area contributed by atoms with E-state index in [0.717, 1.165) is 11.3 Å². The van der Waals surface area contributed by atoms with Gasteiger partial charge in [-0.3, -0.25) is 19.5 Å². The molecule has 1 saturated heterocycles. The van der Waals surface area contributed by atoms with Crippen molar-refractivity contribution in [2.45, 2.75) is 19.4 Å². The van der Waals surface area contributed by atoms with Crippen LogP contribution in [0.1, 0.15) is 17.7 Å². The Balaban J connectivity index is 1.23. The van der Waals surface area contributed by atoms with Gasteiger partial charge in [0.15, 0.2) is 5.65 Å². The zero-order chi connectivity index (χ0) is 25.0. The van der Waals surface area contributed by atoms with E-state index in [1.165, 1.54) is 27.6 Å². The van der Waals surface area contributed by atoms with Crippen molar-refractivity contribution in [2.24, 2.45) is 5.92 Å². The summed E-state index contributed by atoms with van der Waals surface area (Å²) in [5.74, 6) is -1.48. The van der Waals surface area contributed by atoms with Crippen LogP contribution >= 0.6 is 11.6 Å². The Morgan fingerprint density at radius 3 is 2.69 bits per heavy atom. The molecule has 0 aliphatic carbocycles. The van der Waals surface area contributed by atoms with E-state index in [2.05, 4.69) is 10.1 Å². The van der Waals surface area contributed by atoms with Gasteiger partial charge in [0.25, 0.3) is 5.56 Å². The number of carbonyl (C=O) groups is 2. The average molecular weight is 506 g/mol. The van der Waals surface area contributed by atoms with E-state index in [9.17, 15) is 18.8 Å². The smallest absolute Gasteiger partial charge is 0.276 e. The normalized spacial score (nSPS) is 17.6. The van der Waals surface area contributed by atoms with E-state index >= 15 is 0 Å². The minimum absolute atomic E-state index is 0.0601. The fraction of sp³-hybridized carbons (Fsp3) is 0.231. The number of aromatic amines is 1. The van der Waals surface area contributed by atoms with Gasteiger partial charge in [-0.1, -0.05) is 41.9 Å². The molecule has 2 aromatic heterocycles. The number of nitrogens with zero attached hydrogens (tertiary/aromatic N) is 4. The Hall–Kier alpha value is -3.98. The summed E-state index contributed by atoms with van der Waals surface area (Å²) in [4.78, 5) is 46.9. The number of aromatic nitrogens is 3. The van der Waals surface area contributed by atoms with Gasteiger partial charge in [-0.15, -0.1) is 0 Å². The maximum Gasteiger partial charge on any atom is 0.276 e. The topological polar surface area (TPSA) is 90.8 Å². The average Bonchev–Trinajstić information content (AvgIpc) is 3.49. The van der Waals surface area contributed by atoms with Crippen LogP contribution in [0.25, 0.3) is 16.9 Å². The van der Waals surface area contributed by atoms with Gasteiger partial charge in [0.05, 0.1) is 28.9 Å². The van der Waals surface area contributed by atoms with Crippen LogP contribution in [0.15, 0.2) is 59.4 Å². The number of fused-ring (bicyclic) bond motifs is 2. The highest BCUT2D eigenvalue weighted by Gasteiger charge is 2.38. The quantitative estimate of drug-likeness (QED) is 0.462. The maximum atomic E-state index is 13.5.